The highest BCUT2D eigenvalue weighted by Gasteiger charge is 2.34. The Morgan fingerprint density at radius 3 is 3.08 bits per heavy atom. The van der Waals surface area contributed by atoms with E-state index < -0.39 is 0 Å². The van der Waals surface area contributed by atoms with Crippen molar-refractivity contribution >= 4 is 23.4 Å². The number of benzene rings is 1. The number of thioether (sulfide) groups is 1. The highest BCUT2D eigenvalue weighted by Crippen LogP contribution is 2.34. The number of hydrogen-bond donors (Lipinski definition) is 0. The molecule has 1 saturated heterocycles. The van der Waals surface area contributed by atoms with E-state index in [1.807, 2.05) is 30.0 Å². The van der Waals surface area contributed by atoms with Crippen molar-refractivity contribution in [2.45, 2.75) is 62.2 Å². The number of carbonyl (C=O) groups is 1. The van der Waals surface area contributed by atoms with E-state index >= 15 is 0 Å². The summed E-state index contributed by atoms with van der Waals surface area (Å²) in [6.45, 7) is 5.46. The monoisotopic (exact) mass is 373 g/mol. The first-order valence-electron chi connectivity index (χ1n) is 9.09. The Hall–Kier alpha value is -1.93. The normalized spacial score (nSPS) is 23.2. The van der Waals surface area contributed by atoms with Gasteiger partial charge in [-0.05, 0) is 55.2 Å². The second kappa shape index (κ2) is 7.36. The number of tetrazole rings is 1. The van der Waals surface area contributed by atoms with Crippen molar-refractivity contribution in [1.29, 1.82) is 0 Å². The largest absolute Gasteiger partial charge is 0.376 e. The van der Waals surface area contributed by atoms with E-state index in [0.717, 1.165) is 31.6 Å². The van der Waals surface area contributed by atoms with Crippen molar-refractivity contribution in [2.24, 2.45) is 0 Å². The Morgan fingerprint density at radius 2 is 2.27 bits per heavy atom. The van der Waals surface area contributed by atoms with Gasteiger partial charge in [0.2, 0.25) is 11.1 Å². The van der Waals surface area contributed by atoms with Crippen LogP contribution < -0.4 is 4.90 Å². The van der Waals surface area contributed by atoms with E-state index in [2.05, 4.69) is 28.5 Å². The Kier molecular flexibility index (Phi) is 4.95. The quantitative estimate of drug-likeness (QED) is 0.749. The molecule has 7 nitrogen and oxygen atoms in total. The van der Waals surface area contributed by atoms with Gasteiger partial charge < -0.3 is 9.64 Å². The minimum absolute atomic E-state index is 0.0964. The summed E-state index contributed by atoms with van der Waals surface area (Å²) >= 11 is 1.41. The minimum Gasteiger partial charge on any atom is -0.376 e. The molecule has 1 amide bonds. The second-order valence-electron chi connectivity index (χ2n) is 6.93. The number of rotatable bonds is 5. The van der Waals surface area contributed by atoms with E-state index in [9.17, 15) is 4.79 Å². The summed E-state index contributed by atoms with van der Waals surface area (Å²) in [5.74, 6) is 0.0964. The summed E-state index contributed by atoms with van der Waals surface area (Å²) in [5.41, 5.74) is 2.25. The molecule has 1 aromatic heterocycles. The lowest BCUT2D eigenvalue weighted by atomic mass is 10.1. The number of aromatic nitrogens is 4. The maximum Gasteiger partial charge on any atom is 0.240 e. The van der Waals surface area contributed by atoms with E-state index in [1.54, 1.807) is 4.68 Å². The fourth-order valence-electron chi connectivity index (χ4n) is 3.68. The molecule has 2 aromatic rings. The van der Waals surface area contributed by atoms with E-state index in [0.29, 0.717) is 11.7 Å². The average molecular weight is 373 g/mol. The van der Waals surface area contributed by atoms with Gasteiger partial charge in [0, 0.05) is 18.3 Å². The molecule has 2 aliphatic rings. The molecule has 3 atom stereocenters. The molecule has 2 aliphatic heterocycles. The lowest BCUT2D eigenvalue weighted by Crippen LogP contribution is -2.40. The van der Waals surface area contributed by atoms with Crippen LogP contribution in [-0.4, -0.2) is 50.1 Å². The molecule has 1 fully saturated rings. The van der Waals surface area contributed by atoms with Crippen LogP contribution in [0.3, 0.4) is 0 Å². The Morgan fingerprint density at radius 1 is 1.42 bits per heavy atom. The van der Waals surface area contributed by atoms with Crippen LogP contribution in [0.4, 0.5) is 5.69 Å². The molecule has 3 heterocycles. The van der Waals surface area contributed by atoms with Gasteiger partial charge in [-0.1, -0.05) is 30.0 Å². The molecule has 0 saturated carbocycles. The number of para-hydroxylation sites is 1. The van der Waals surface area contributed by atoms with Crippen molar-refractivity contribution in [3.63, 3.8) is 0 Å². The third-order valence-electron chi connectivity index (χ3n) is 4.97. The summed E-state index contributed by atoms with van der Waals surface area (Å²) in [5, 5.41) is 12.4. The SMILES string of the molecule is CC(Sc1nnnn1CC1CCCO1)C(=O)N1c2ccccc2CC1C. The minimum atomic E-state index is -0.266. The smallest absolute Gasteiger partial charge is 0.240 e. The zero-order valence-electron chi connectivity index (χ0n) is 15.0. The summed E-state index contributed by atoms with van der Waals surface area (Å²) in [6, 6.07) is 8.30. The topological polar surface area (TPSA) is 73.1 Å². The Labute approximate surface area is 157 Å². The molecule has 26 heavy (non-hydrogen) atoms. The molecule has 0 aliphatic carbocycles. The molecular weight excluding hydrogens is 350 g/mol. The summed E-state index contributed by atoms with van der Waals surface area (Å²) < 4.78 is 7.42. The first-order valence-corrected chi connectivity index (χ1v) is 9.97. The van der Waals surface area contributed by atoms with Gasteiger partial charge in [0.05, 0.1) is 17.9 Å². The molecule has 0 N–H and O–H groups in total. The van der Waals surface area contributed by atoms with Crippen LogP contribution in [0.15, 0.2) is 29.4 Å². The molecule has 4 rings (SSSR count). The van der Waals surface area contributed by atoms with Crippen LogP contribution >= 0.6 is 11.8 Å². The van der Waals surface area contributed by atoms with Crippen LogP contribution in [-0.2, 0) is 22.5 Å². The number of anilines is 1. The number of fused-ring (bicyclic) bond motifs is 1. The fraction of sp³-hybridized carbons (Fsp3) is 0.556. The Bertz CT molecular complexity index is 789. The van der Waals surface area contributed by atoms with Gasteiger partial charge in [-0.15, -0.1) is 5.10 Å². The van der Waals surface area contributed by atoms with Gasteiger partial charge in [0.15, 0.2) is 0 Å². The highest BCUT2D eigenvalue weighted by molar-refractivity contribution is 8.00. The first-order chi connectivity index (χ1) is 12.6. The Balaban J connectivity index is 1.46. The second-order valence-corrected chi connectivity index (χ2v) is 8.24. The molecule has 0 bridgehead atoms. The zero-order chi connectivity index (χ0) is 18.1. The summed E-state index contributed by atoms with van der Waals surface area (Å²) in [7, 11) is 0. The zero-order valence-corrected chi connectivity index (χ0v) is 15.9. The molecule has 0 radical (unpaired) electrons. The van der Waals surface area contributed by atoms with Gasteiger partial charge in [0.1, 0.15) is 0 Å². The van der Waals surface area contributed by atoms with Crippen molar-refractivity contribution in [3.8, 4) is 0 Å². The molecule has 138 valence electrons. The van der Waals surface area contributed by atoms with Gasteiger partial charge in [-0.3, -0.25) is 4.79 Å². The van der Waals surface area contributed by atoms with Crippen LogP contribution in [0.2, 0.25) is 0 Å². The molecule has 3 unspecified atom stereocenters. The maximum atomic E-state index is 13.1. The number of hydrogen-bond acceptors (Lipinski definition) is 6. The third-order valence-corrected chi connectivity index (χ3v) is 6.03. The molecular formula is C18H23N5O2S. The number of amides is 1. The van der Waals surface area contributed by atoms with Gasteiger partial charge in [-0.25, -0.2) is 4.68 Å². The van der Waals surface area contributed by atoms with Crippen LogP contribution in [0, 0.1) is 0 Å². The van der Waals surface area contributed by atoms with Crippen molar-refractivity contribution in [3.05, 3.63) is 29.8 Å². The number of carbonyl (C=O) groups excluding carboxylic acids is 1. The number of ether oxygens (including phenoxy) is 1. The third kappa shape index (κ3) is 3.35. The van der Waals surface area contributed by atoms with Crippen LogP contribution in [0.5, 0.6) is 0 Å². The predicted molar refractivity (Wildman–Crippen MR) is 99.2 cm³/mol. The standard InChI is InChI=1S/C18H23N5O2S/c1-12-10-14-6-3-4-8-16(14)23(12)17(24)13(2)26-18-19-20-21-22(18)11-15-7-5-9-25-15/h3-4,6,8,12-13,15H,5,7,9-11H2,1-2H3. The summed E-state index contributed by atoms with van der Waals surface area (Å²) in [4.78, 5) is 15.0. The van der Waals surface area contributed by atoms with Gasteiger partial charge in [0.25, 0.3) is 0 Å². The highest BCUT2D eigenvalue weighted by atomic mass is 32.2. The van der Waals surface area contributed by atoms with Crippen LogP contribution in [0.1, 0.15) is 32.3 Å². The lowest BCUT2D eigenvalue weighted by Gasteiger charge is -2.25. The van der Waals surface area contributed by atoms with E-state index in [4.69, 9.17) is 4.74 Å². The summed E-state index contributed by atoms with van der Waals surface area (Å²) in [6.07, 6.45) is 3.17. The molecule has 8 heteroatoms. The van der Waals surface area contributed by atoms with E-state index in [1.165, 1.54) is 17.3 Å². The first kappa shape index (κ1) is 17.5. The average Bonchev–Trinajstić information content (AvgIpc) is 3.35. The van der Waals surface area contributed by atoms with Gasteiger partial charge in [-0.2, -0.15) is 0 Å². The van der Waals surface area contributed by atoms with Crippen LogP contribution in [0.25, 0.3) is 0 Å². The predicted octanol–water partition coefficient (Wildman–Crippen LogP) is 2.31. The van der Waals surface area contributed by atoms with Crippen molar-refractivity contribution in [2.75, 3.05) is 11.5 Å². The maximum absolute atomic E-state index is 13.1. The molecule has 1 aromatic carbocycles. The number of nitrogens with zero attached hydrogens (tertiary/aromatic N) is 5. The fourth-order valence-corrected chi connectivity index (χ4v) is 4.53. The lowest BCUT2D eigenvalue weighted by molar-refractivity contribution is -0.118. The van der Waals surface area contributed by atoms with Crippen molar-refractivity contribution in [1.82, 2.24) is 20.2 Å². The van der Waals surface area contributed by atoms with Gasteiger partial charge >= 0.3 is 0 Å². The molecule has 0 spiro atoms. The van der Waals surface area contributed by atoms with Crippen molar-refractivity contribution < 1.29 is 9.53 Å². The van der Waals surface area contributed by atoms with E-state index in [-0.39, 0.29) is 23.3 Å².